The van der Waals surface area contributed by atoms with Crippen LogP contribution in [0.15, 0.2) is 268 Å². The van der Waals surface area contributed by atoms with Gasteiger partial charge in [-0.25, -0.2) is 0 Å². The van der Waals surface area contributed by atoms with Crippen LogP contribution in [0.1, 0.15) is 0 Å². The standard InChI is InChI=1S/C72H42N2O3/c1-3-13-53-43(11-1)21-23-45-25-27-47(37-61(45)53)73(50-31-35-68-64(40-50)56-16-7-9-19-66(56)75-68)49-29-33-59-63(39-49)55-15-5-6-18-58(55)71-60-34-30-52(42-70(60)77-72(59)71)74(51-32-36-69-65(41-51)57-17-8-10-20-67(57)76-69)48-28-26-46-24-22-44-12-2-4-14-54(44)62(46)38-48/h1-42H. The Morgan fingerprint density at radius 1 is 0.195 bits per heavy atom. The number of furan rings is 3. The van der Waals surface area contributed by atoms with Crippen molar-refractivity contribution in [3.8, 4) is 0 Å². The molecular weight excluding hydrogens is 941 g/mol. The van der Waals surface area contributed by atoms with E-state index in [4.69, 9.17) is 13.3 Å². The van der Waals surface area contributed by atoms with Crippen LogP contribution in [0.5, 0.6) is 0 Å². The molecule has 17 aromatic rings. The Balaban J connectivity index is 0.873. The second-order valence-corrected chi connectivity index (χ2v) is 20.4. The molecule has 3 heterocycles. The summed E-state index contributed by atoms with van der Waals surface area (Å²) >= 11 is 0. The van der Waals surface area contributed by atoms with E-state index >= 15 is 0 Å². The number of anilines is 6. The highest BCUT2D eigenvalue weighted by Gasteiger charge is 2.23. The third-order valence-corrected chi connectivity index (χ3v) is 16.1. The first-order valence-corrected chi connectivity index (χ1v) is 26.2. The van der Waals surface area contributed by atoms with E-state index in [0.717, 1.165) is 121 Å². The average Bonchev–Trinajstić information content (AvgIpc) is 4.29. The van der Waals surface area contributed by atoms with Crippen LogP contribution in [0.2, 0.25) is 0 Å². The molecule has 0 amide bonds. The van der Waals surface area contributed by atoms with E-state index in [0.29, 0.717) is 0 Å². The van der Waals surface area contributed by atoms with Gasteiger partial charge >= 0.3 is 0 Å². The van der Waals surface area contributed by atoms with E-state index in [9.17, 15) is 0 Å². The van der Waals surface area contributed by atoms with Crippen LogP contribution in [0, 0.1) is 0 Å². The van der Waals surface area contributed by atoms with Crippen LogP contribution in [0.25, 0.3) is 130 Å². The van der Waals surface area contributed by atoms with Gasteiger partial charge in [0.05, 0.1) is 0 Å². The number of rotatable bonds is 6. The third kappa shape index (κ3) is 6.35. The summed E-state index contributed by atoms with van der Waals surface area (Å²) in [5.41, 5.74) is 11.3. The molecule has 17 rings (SSSR count). The molecule has 5 heteroatoms. The predicted molar refractivity (Wildman–Crippen MR) is 323 cm³/mol. The SMILES string of the molecule is c1ccc2c(c1)ccc1ccc(N(c3ccc4c(c3)oc3c5ccc(N(c6ccc7ccc8ccccc8c7c6)c6ccc7oc8ccccc8c7c6)cc5c5ccccc5c43)c3ccc4oc5ccccc5c4c3)cc12. The van der Waals surface area contributed by atoms with Gasteiger partial charge in [-0.3, -0.25) is 0 Å². The molecule has 0 saturated heterocycles. The van der Waals surface area contributed by atoms with Gasteiger partial charge in [0, 0.05) is 77.9 Å². The second kappa shape index (κ2) is 16.1. The van der Waals surface area contributed by atoms with Gasteiger partial charge in [0.15, 0.2) is 0 Å². The number of hydrogen-bond acceptors (Lipinski definition) is 5. The molecule has 0 aliphatic rings. The molecule has 358 valence electrons. The largest absolute Gasteiger partial charge is 0.456 e. The summed E-state index contributed by atoms with van der Waals surface area (Å²) in [4.78, 5) is 4.74. The van der Waals surface area contributed by atoms with Crippen LogP contribution in [-0.4, -0.2) is 0 Å². The highest BCUT2D eigenvalue weighted by atomic mass is 16.3. The monoisotopic (exact) mass is 982 g/mol. The Labute approximate surface area is 440 Å². The summed E-state index contributed by atoms with van der Waals surface area (Å²) in [6, 6.07) is 91.8. The Morgan fingerprint density at radius 3 is 1.10 bits per heavy atom. The van der Waals surface area contributed by atoms with Crippen LogP contribution >= 0.6 is 0 Å². The van der Waals surface area contributed by atoms with Gasteiger partial charge < -0.3 is 23.1 Å². The Hall–Kier alpha value is -10.4. The molecule has 77 heavy (non-hydrogen) atoms. The van der Waals surface area contributed by atoms with Crippen LogP contribution < -0.4 is 9.80 Å². The zero-order valence-corrected chi connectivity index (χ0v) is 41.4. The number of hydrogen-bond donors (Lipinski definition) is 0. The van der Waals surface area contributed by atoms with Crippen molar-refractivity contribution in [1.29, 1.82) is 0 Å². The minimum absolute atomic E-state index is 0.816. The molecule has 0 N–H and O–H groups in total. The molecule has 0 aliphatic carbocycles. The van der Waals surface area contributed by atoms with Gasteiger partial charge in [-0.2, -0.15) is 0 Å². The lowest BCUT2D eigenvalue weighted by Crippen LogP contribution is -2.10. The average molecular weight is 983 g/mol. The summed E-state index contributed by atoms with van der Waals surface area (Å²) < 4.78 is 20.0. The molecule has 3 aromatic heterocycles. The Bertz CT molecular complexity index is 5330. The molecule has 5 nitrogen and oxygen atoms in total. The van der Waals surface area contributed by atoms with Crippen LogP contribution in [0.4, 0.5) is 34.1 Å². The van der Waals surface area contributed by atoms with Gasteiger partial charge in [-0.05, 0) is 162 Å². The van der Waals surface area contributed by atoms with E-state index < -0.39 is 0 Å². The molecular formula is C72H42N2O3. The van der Waals surface area contributed by atoms with Gasteiger partial charge in [-0.15, -0.1) is 0 Å². The number of para-hydroxylation sites is 2. The van der Waals surface area contributed by atoms with Crippen molar-refractivity contribution in [3.63, 3.8) is 0 Å². The van der Waals surface area contributed by atoms with E-state index in [2.05, 4.69) is 240 Å². The van der Waals surface area contributed by atoms with Crippen LogP contribution in [-0.2, 0) is 0 Å². The quantitative estimate of drug-likeness (QED) is 0.155. The van der Waals surface area contributed by atoms with Gasteiger partial charge in [0.25, 0.3) is 0 Å². The Kier molecular flexibility index (Phi) is 8.77. The maximum absolute atomic E-state index is 7.25. The number of benzene rings is 14. The first-order chi connectivity index (χ1) is 38.1. The molecule has 0 unspecified atom stereocenters. The van der Waals surface area contributed by atoms with E-state index in [1.54, 1.807) is 0 Å². The molecule has 0 saturated carbocycles. The zero-order valence-electron chi connectivity index (χ0n) is 41.4. The van der Waals surface area contributed by atoms with Crippen molar-refractivity contribution in [2.45, 2.75) is 0 Å². The Morgan fingerprint density at radius 2 is 0.558 bits per heavy atom. The second-order valence-electron chi connectivity index (χ2n) is 20.4. The summed E-state index contributed by atoms with van der Waals surface area (Å²) in [6.07, 6.45) is 0. The zero-order chi connectivity index (χ0) is 50.3. The number of nitrogens with zero attached hydrogens (tertiary/aromatic N) is 2. The fourth-order valence-electron chi connectivity index (χ4n) is 12.6. The highest BCUT2D eigenvalue weighted by molar-refractivity contribution is 6.31. The lowest BCUT2D eigenvalue weighted by atomic mass is 9.96. The van der Waals surface area contributed by atoms with E-state index in [1.165, 1.54) is 43.1 Å². The van der Waals surface area contributed by atoms with E-state index in [-0.39, 0.29) is 0 Å². The fraction of sp³-hybridized carbons (Fsp3) is 0. The molecule has 0 atom stereocenters. The molecule has 0 spiro atoms. The maximum Gasteiger partial charge on any atom is 0.143 e. The van der Waals surface area contributed by atoms with Crippen molar-refractivity contribution < 1.29 is 13.3 Å². The first-order valence-electron chi connectivity index (χ1n) is 26.2. The predicted octanol–water partition coefficient (Wildman–Crippen LogP) is 21.2. The molecule has 0 fully saturated rings. The lowest BCUT2D eigenvalue weighted by molar-refractivity contribution is 0.668. The summed E-state index contributed by atoms with van der Waals surface area (Å²) in [5.74, 6) is 0. The van der Waals surface area contributed by atoms with Crippen molar-refractivity contribution in [1.82, 2.24) is 0 Å². The topological polar surface area (TPSA) is 45.9 Å². The first kappa shape index (κ1) is 42.0. The summed E-state index contributed by atoms with van der Waals surface area (Å²) in [5, 5.41) is 20.6. The number of fused-ring (bicyclic) bond motifs is 20. The summed E-state index contributed by atoms with van der Waals surface area (Å²) in [6.45, 7) is 0. The molecule has 0 aliphatic heterocycles. The van der Waals surface area contributed by atoms with Crippen molar-refractivity contribution in [3.05, 3.63) is 255 Å². The normalized spacial score (nSPS) is 12.2. The van der Waals surface area contributed by atoms with Crippen molar-refractivity contribution >= 4 is 165 Å². The van der Waals surface area contributed by atoms with Crippen molar-refractivity contribution in [2.75, 3.05) is 9.80 Å². The highest BCUT2D eigenvalue weighted by Crippen LogP contribution is 2.48. The molecule has 0 bridgehead atoms. The minimum Gasteiger partial charge on any atom is -0.456 e. The maximum atomic E-state index is 7.25. The van der Waals surface area contributed by atoms with Crippen molar-refractivity contribution in [2.24, 2.45) is 0 Å². The molecule has 0 radical (unpaired) electrons. The summed E-state index contributed by atoms with van der Waals surface area (Å²) in [7, 11) is 0. The third-order valence-electron chi connectivity index (χ3n) is 16.1. The van der Waals surface area contributed by atoms with Gasteiger partial charge in [0.2, 0.25) is 0 Å². The van der Waals surface area contributed by atoms with E-state index in [1.807, 2.05) is 24.3 Å². The fourth-order valence-corrected chi connectivity index (χ4v) is 12.6. The molecule has 14 aromatic carbocycles. The van der Waals surface area contributed by atoms with Crippen LogP contribution in [0.3, 0.4) is 0 Å². The smallest absolute Gasteiger partial charge is 0.143 e. The minimum atomic E-state index is 0.816. The van der Waals surface area contributed by atoms with Gasteiger partial charge in [-0.1, -0.05) is 146 Å². The lowest BCUT2D eigenvalue weighted by Gasteiger charge is -2.26. The van der Waals surface area contributed by atoms with Gasteiger partial charge in [0.1, 0.15) is 33.5 Å².